The van der Waals surface area contributed by atoms with Crippen LogP contribution in [0.3, 0.4) is 0 Å². The molecule has 6 heteroatoms. The molecule has 0 bridgehead atoms. The second-order valence-electron chi connectivity index (χ2n) is 4.12. The van der Waals surface area contributed by atoms with Crippen molar-refractivity contribution in [1.29, 1.82) is 0 Å². The van der Waals surface area contributed by atoms with Crippen molar-refractivity contribution in [3.8, 4) is 0 Å². The van der Waals surface area contributed by atoms with Gasteiger partial charge < -0.3 is 15.5 Å². The maximum Gasteiger partial charge on any atom is 0.248 e. The van der Waals surface area contributed by atoms with Crippen molar-refractivity contribution in [3.05, 3.63) is 51.9 Å². The van der Waals surface area contributed by atoms with Gasteiger partial charge in [-0.2, -0.15) is 0 Å². The Bertz CT molecular complexity index is 655. The fourth-order valence-electron chi connectivity index (χ4n) is 1.54. The highest BCUT2D eigenvalue weighted by Gasteiger charge is 2.06. The van der Waals surface area contributed by atoms with Crippen LogP contribution in [0.5, 0.6) is 0 Å². The molecule has 0 unspecified atom stereocenters. The fourth-order valence-corrected chi connectivity index (χ4v) is 2.03. The summed E-state index contributed by atoms with van der Waals surface area (Å²) in [6, 6.07) is 6.66. The average Bonchev–Trinajstić information content (AvgIpc) is 2.79. The second kappa shape index (κ2) is 6.03. The van der Waals surface area contributed by atoms with Crippen molar-refractivity contribution in [2.24, 2.45) is 0 Å². The van der Waals surface area contributed by atoms with Gasteiger partial charge in [-0.15, -0.1) is 0 Å². The number of halogens is 2. The van der Waals surface area contributed by atoms with Crippen LogP contribution in [0.1, 0.15) is 11.5 Å². The number of amides is 1. The quantitative estimate of drug-likeness (QED) is 0.661. The van der Waals surface area contributed by atoms with Crippen LogP contribution in [-0.2, 0) is 4.79 Å². The van der Waals surface area contributed by atoms with Crippen LogP contribution in [-0.4, -0.2) is 5.91 Å². The molecule has 1 heterocycles. The summed E-state index contributed by atoms with van der Waals surface area (Å²) in [4.78, 5) is 11.7. The van der Waals surface area contributed by atoms with E-state index in [-0.39, 0.29) is 11.6 Å². The molecule has 0 aliphatic rings. The SMILES string of the molecule is Cc1ccc(/C=C/C(=O)Nc2cc(Cl)c(N)c(Cl)c2)o1. The van der Waals surface area contributed by atoms with E-state index in [0.29, 0.717) is 21.5 Å². The Morgan fingerprint density at radius 3 is 2.50 bits per heavy atom. The van der Waals surface area contributed by atoms with Crippen molar-refractivity contribution >= 4 is 46.6 Å². The van der Waals surface area contributed by atoms with Gasteiger partial charge in [-0.25, -0.2) is 0 Å². The van der Waals surface area contributed by atoms with Gasteiger partial charge in [-0.05, 0) is 37.3 Å². The van der Waals surface area contributed by atoms with E-state index in [2.05, 4.69) is 5.32 Å². The van der Waals surface area contributed by atoms with Gasteiger partial charge in [0.25, 0.3) is 0 Å². The molecule has 3 N–H and O–H groups in total. The second-order valence-corrected chi connectivity index (χ2v) is 4.94. The van der Waals surface area contributed by atoms with Gasteiger partial charge in [-0.1, -0.05) is 23.2 Å². The van der Waals surface area contributed by atoms with Crippen molar-refractivity contribution in [3.63, 3.8) is 0 Å². The number of nitrogens with one attached hydrogen (secondary N) is 1. The fraction of sp³-hybridized carbons (Fsp3) is 0.0714. The van der Waals surface area contributed by atoms with Gasteiger partial charge in [0, 0.05) is 11.8 Å². The number of nitrogens with two attached hydrogens (primary N) is 1. The van der Waals surface area contributed by atoms with E-state index < -0.39 is 0 Å². The summed E-state index contributed by atoms with van der Waals surface area (Å²) in [5, 5.41) is 3.22. The monoisotopic (exact) mass is 310 g/mol. The molecule has 0 aliphatic carbocycles. The van der Waals surface area contributed by atoms with Crippen molar-refractivity contribution < 1.29 is 9.21 Å². The minimum Gasteiger partial charge on any atom is -0.462 e. The minimum absolute atomic E-state index is 0.285. The summed E-state index contributed by atoms with van der Waals surface area (Å²) >= 11 is 11.8. The molecule has 2 aromatic rings. The normalized spacial score (nSPS) is 10.9. The Morgan fingerprint density at radius 1 is 1.30 bits per heavy atom. The lowest BCUT2D eigenvalue weighted by atomic mass is 10.2. The lowest BCUT2D eigenvalue weighted by Gasteiger charge is -2.06. The first-order valence-electron chi connectivity index (χ1n) is 5.76. The van der Waals surface area contributed by atoms with Crippen LogP contribution in [0.2, 0.25) is 10.0 Å². The van der Waals surface area contributed by atoms with E-state index in [0.717, 1.165) is 5.76 Å². The highest BCUT2D eigenvalue weighted by atomic mass is 35.5. The number of hydrogen-bond acceptors (Lipinski definition) is 3. The zero-order valence-electron chi connectivity index (χ0n) is 10.6. The minimum atomic E-state index is -0.323. The van der Waals surface area contributed by atoms with Gasteiger partial charge >= 0.3 is 0 Å². The highest BCUT2D eigenvalue weighted by molar-refractivity contribution is 6.39. The topological polar surface area (TPSA) is 68.3 Å². The first-order chi connectivity index (χ1) is 9.45. The van der Waals surface area contributed by atoms with Crippen LogP contribution in [0.15, 0.2) is 34.8 Å². The Morgan fingerprint density at radius 2 is 1.95 bits per heavy atom. The van der Waals surface area contributed by atoms with Crippen LogP contribution in [0.4, 0.5) is 11.4 Å². The summed E-state index contributed by atoms with van der Waals surface area (Å²) in [5.41, 5.74) is 6.37. The molecule has 0 atom stereocenters. The van der Waals surface area contributed by atoms with Crippen molar-refractivity contribution in [1.82, 2.24) is 0 Å². The van der Waals surface area contributed by atoms with Gasteiger partial charge in [0.05, 0.1) is 15.7 Å². The number of furan rings is 1. The Kier molecular flexibility index (Phi) is 4.37. The number of anilines is 2. The summed E-state index contributed by atoms with van der Waals surface area (Å²) < 4.78 is 5.31. The largest absolute Gasteiger partial charge is 0.462 e. The number of rotatable bonds is 3. The zero-order chi connectivity index (χ0) is 14.7. The molecule has 0 spiro atoms. The molecule has 0 fully saturated rings. The number of carbonyl (C=O) groups is 1. The van der Waals surface area contributed by atoms with E-state index in [1.807, 2.05) is 13.0 Å². The van der Waals surface area contributed by atoms with E-state index in [4.69, 9.17) is 33.4 Å². The summed E-state index contributed by atoms with van der Waals surface area (Å²) in [6.45, 7) is 1.83. The van der Waals surface area contributed by atoms with Gasteiger partial charge in [-0.3, -0.25) is 4.79 Å². The highest BCUT2D eigenvalue weighted by Crippen LogP contribution is 2.31. The molecule has 4 nitrogen and oxygen atoms in total. The Balaban J connectivity index is 2.06. The van der Waals surface area contributed by atoms with Crippen LogP contribution < -0.4 is 11.1 Å². The third kappa shape index (κ3) is 3.56. The molecule has 1 aromatic heterocycles. The van der Waals surface area contributed by atoms with Gasteiger partial charge in [0.1, 0.15) is 11.5 Å². The molecule has 0 saturated heterocycles. The van der Waals surface area contributed by atoms with Gasteiger partial charge in [0.15, 0.2) is 0 Å². The molecule has 0 radical (unpaired) electrons. The molecular formula is C14H12Cl2N2O2. The molecular weight excluding hydrogens is 299 g/mol. The molecule has 1 aromatic carbocycles. The van der Waals surface area contributed by atoms with Crippen molar-refractivity contribution in [2.45, 2.75) is 6.92 Å². The molecule has 20 heavy (non-hydrogen) atoms. The lowest BCUT2D eigenvalue weighted by Crippen LogP contribution is -2.08. The smallest absolute Gasteiger partial charge is 0.248 e. The van der Waals surface area contributed by atoms with Crippen LogP contribution >= 0.6 is 23.2 Å². The third-order valence-electron chi connectivity index (χ3n) is 2.51. The average molecular weight is 311 g/mol. The van der Waals surface area contributed by atoms with Crippen LogP contribution in [0.25, 0.3) is 6.08 Å². The molecule has 2 rings (SSSR count). The Hall–Kier alpha value is -1.91. The van der Waals surface area contributed by atoms with E-state index >= 15 is 0 Å². The van der Waals surface area contributed by atoms with E-state index in [9.17, 15) is 4.79 Å². The van der Waals surface area contributed by atoms with Gasteiger partial charge in [0.2, 0.25) is 5.91 Å². The maximum absolute atomic E-state index is 11.7. The predicted molar refractivity (Wildman–Crippen MR) is 82.0 cm³/mol. The molecule has 1 amide bonds. The lowest BCUT2D eigenvalue weighted by molar-refractivity contribution is -0.111. The third-order valence-corrected chi connectivity index (χ3v) is 3.13. The standard InChI is InChI=1S/C14H12Cl2N2O2/c1-8-2-3-10(20-8)4-5-13(19)18-9-6-11(15)14(17)12(16)7-9/h2-7H,17H2,1H3,(H,18,19)/b5-4+. The van der Waals surface area contributed by atoms with E-state index in [1.165, 1.54) is 18.2 Å². The number of carbonyl (C=O) groups excluding carboxylic acids is 1. The number of benzene rings is 1. The van der Waals surface area contributed by atoms with E-state index in [1.54, 1.807) is 12.1 Å². The molecule has 0 aliphatic heterocycles. The number of hydrogen-bond donors (Lipinski definition) is 2. The van der Waals surface area contributed by atoms with Crippen LogP contribution in [0, 0.1) is 6.92 Å². The zero-order valence-corrected chi connectivity index (χ0v) is 12.1. The summed E-state index contributed by atoms with van der Waals surface area (Å²) in [7, 11) is 0. The molecule has 104 valence electrons. The summed E-state index contributed by atoms with van der Waals surface area (Å²) in [6.07, 6.45) is 2.93. The first-order valence-corrected chi connectivity index (χ1v) is 6.51. The first kappa shape index (κ1) is 14.5. The summed E-state index contributed by atoms with van der Waals surface area (Å²) in [5.74, 6) is 1.06. The maximum atomic E-state index is 11.7. The number of nitrogen functional groups attached to an aromatic ring is 1. The number of aryl methyl sites for hydroxylation is 1. The predicted octanol–water partition coefficient (Wildman–Crippen LogP) is 4.13. The Labute approximate surface area is 126 Å². The molecule has 0 saturated carbocycles. The van der Waals surface area contributed by atoms with Crippen molar-refractivity contribution in [2.75, 3.05) is 11.1 Å².